The first-order valence-electron chi connectivity index (χ1n) is 23.7. The van der Waals surface area contributed by atoms with Crippen LogP contribution in [-0.2, 0) is 0 Å². The zero-order valence-corrected chi connectivity index (χ0v) is 36.4. The molecule has 3 heterocycles. The zero-order chi connectivity index (χ0) is 42.1. The molecule has 0 saturated carbocycles. The number of amides is 4. The summed E-state index contributed by atoms with van der Waals surface area (Å²) in [5, 5.41) is 6.96. The second kappa shape index (κ2) is 17.7. The van der Waals surface area contributed by atoms with Crippen molar-refractivity contribution in [1.29, 1.82) is 0 Å². The van der Waals surface area contributed by atoms with Gasteiger partial charge in [0.15, 0.2) is 0 Å². The second-order valence-corrected chi connectivity index (χ2v) is 18.4. The molecule has 0 unspecified atom stereocenters. The average Bonchev–Trinajstić information content (AvgIpc) is 3.29. The summed E-state index contributed by atoms with van der Waals surface area (Å²) in [6.07, 6.45) is 18.3. The summed E-state index contributed by atoms with van der Waals surface area (Å²) in [4.78, 5) is 60.5. The SMILES string of the molecule is CCCCCCC(CCCCCC)N1C(=O)c2ccc3c4ccc5c6c(ccc(c7ccc(c2c37)C1=O)c64)C(=O)N(CCCCCC[N+]1(c2ccccc2)CCCCC1)C5=O. The molecule has 3 aliphatic rings. The Bertz CT molecular complexity index is 2470. The second-order valence-electron chi connectivity index (χ2n) is 18.4. The van der Waals surface area contributed by atoms with Crippen LogP contribution in [0.2, 0.25) is 0 Å². The Morgan fingerprint density at radius 2 is 0.934 bits per heavy atom. The van der Waals surface area contributed by atoms with Gasteiger partial charge >= 0.3 is 0 Å². The molecule has 0 spiro atoms. The van der Waals surface area contributed by atoms with Crippen molar-refractivity contribution in [2.45, 2.75) is 129 Å². The van der Waals surface area contributed by atoms with Gasteiger partial charge in [-0.3, -0.25) is 33.5 Å². The predicted molar refractivity (Wildman–Crippen MR) is 250 cm³/mol. The number of carbonyl (C=O) groups excluding carboxylic acids is 4. The molecule has 7 nitrogen and oxygen atoms in total. The minimum absolute atomic E-state index is 0.117. The lowest BCUT2D eigenvalue weighted by Crippen LogP contribution is -2.53. The highest BCUT2D eigenvalue weighted by atomic mass is 16.2. The quantitative estimate of drug-likeness (QED) is 0.0268. The van der Waals surface area contributed by atoms with Crippen LogP contribution in [-0.4, -0.2) is 65.6 Å². The van der Waals surface area contributed by atoms with Gasteiger partial charge in [-0.05, 0) is 120 Å². The van der Waals surface area contributed by atoms with Gasteiger partial charge in [0.05, 0.1) is 19.6 Å². The highest BCUT2D eigenvalue weighted by Gasteiger charge is 2.39. The van der Waals surface area contributed by atoms with Crippen molar-refractivity contribution in [2.75, 3.05) is 26.2 Å². The van der Waals surface area contributed by atoms with Crippen molar-refractivity contribution < 1.29 is 19.2 Å². The third-order valence-corrected chi connectivity index (χ3v) is 14.6. The number of fused-ring (bicyclic) bond motifs is 2. The smallest absolute Gasteiger partial charge is 0.261 e. The van der Waals surface area contributed by atoms with E-state index in [4.69, 9.17) is 0 Å². The lowest BCUT2D eigenvalue weighted by atomic mass is 9.82. The Balaban J connectivity index is 0.969. The van der Waals surface area contributed by atoms with Crippen molar-refractivity contribution in [1.82, 2.24) is 14.3 Å². The van der Waals surface area contributed by atoms with E-state index in [2.05, 4.69) is 44.2 Å². The predicted octanol–water partition coefficient (Wildman–Crippen LogP) is 13.0. The highest BCUT2D eigenvalue weighted by Crippen LogP contribution is 2.46. The number of rotatable bonds is 19. The summed E-state index contributed by atoms with van der Waals surface area (Å²) in [6, 6.07) is 26.5. The molecular weight excluding hydrogens is 755 g/mol. The molecule has 61 heavy (non-hydrogen) atoms. The molecule has 7 heteroatoms. The van der Waals surface area contributed by atoms with Gasteiger partial charge in [-0.2, -0.15) is 0 Å². The maximum atomic E-state index is 14.5. The van der Waals surface area contributed by atoms with Crippen LogP contribution in [0.3, 0.4) is 0 Å². The Labute approximate surface area is 361 Å². The van der Waals surface area contributed by atoms with Crippen LogP contribution in [0.15, 0.2) is 78.9 Å². The van der Waals surface area contributed by atoms with E-state index < -0.39 is 0 Å². The van der Waals surface area contributed by atoms with Crippen molar-refractivity contribution in [3.05, 3.63) is 101 Å². The van der Waals surface area contributed by atoms with Crippen LogP contribution in [0.5, 0.6) is 0 Å². The molecule has 0 atom stereocenters. The van der Waals surface area contributed by atoms with Crippen LogP contribution in [0.4, 0.5) is 5.69 Å². The number of para-hydroxylation sites is 1. The molecule has 0 aliphatic carbocycles. The van der Waals surface area contributed by atoms with Gasteiger partial charge in [0.2, 0.25) is 0 Å². The van der Waals surface area contributed by atoms with Crippen molar-refractivity contribution in [3.63, 3.8) is 0 Å². The van der Waals surface area contributed by atoms with E-state index in [-0.39, 0.29) is 29.7 Å². The summed E-state index contributed by atoms with van der Waals surface area (Å²) in [7, 11) is 0. The number of nitrogens with zero attached hydrogens (tertiary/aromatic N) is 3. The molecule has 6 aromatic carbocycles. The van der Waals surface area contributed by atoms with Crippen LogP contribution >= 0.6 is 0 Å². The maximum Gasteiger partial charge on any atom is 0.261 e. The van der Waals surface area contributed by atoms with Crippen LogP contribution in [0.1, 0.15) is 164 Å². The summed E-state index contributed by atoms with van der Waals surface area (Å²) in [6.45, 7) is 8.36. The molecule has 1 saturated heterocycles. The molecule has 6 aromatic rings. The number of hydrogen-bond donors (Lipinski definition) is 0. The number of hydrogen-bond acceptors (Lipinski definition) is 4. The minimum Gasteiger partial charge on any atom is -0.291 e. The molecule has 316 valence electrons. The first-order chi connectivity index (χ1) is 29.9. The van der Waals surface area contributed by atoms with E-state index in [0.29, 0.717) is 34.2 Å². The molecular formula is C54H62N3O4+. The number of quaternary nitrogens is 1. The first kappa shape index (κ1) is 41.2. The Kier molecular flexibility index (Phi) is 12.0. The summed E-state index contributed by atoms with van der Waals surface area (Å²) in [5.41, 5.74) is 3.72. The monoisotopic (exact) mass is 816 g/mol. The number of unbranched alkanes of at least 4 members (excludes halogenated alkanes) is 9. The number of piperidine rings is 1. The maximum absolute atomic E-state index is 14.5. The van der Waals surface area contributed by atoms with E-state index in [1.54, 1.807) is 4.90 Å². The molecule has 4 amide bonds. The van der Waals surface area contributed by atoms with Crippen LogP contribution < -0.4 is 4.48 Å². The van der Waals surface area contributed by atoms with Gasteiger partial charge in [0.1, 0.15) is 5.69 Å². The van der Waals surface area contributed by atoms with Crippen LogP contribution in [0.25, 0.3) is 43.1 Å². The van der Waals surface area contributed by atoms with Crippen molar-refractivity contribution >= 4 is 72.4 Å². The number of likely N-dealkylation sites (tertiary alicyclic amines) is 1. The number of imide groups is 2. The molecule has 9 rings (SSSR count). The molecule has 1 fully saturated rings. The molecule has 3 aliphatic heterocycles. The Hall–Kier alpha value is -5.14. The average molecular weight is 817 g/mol. The molecule has 0 aromatic heterocycles. The fourth-order valence-corrected chi connectivity index (χ4v) is 11.4. The third kappa shape index (κ3) is 7.30. The molecule has 0 bridgehead atoms. The third-order valence-electron chi connectivity index (χ3n) is 14.6. The van der Waals surface area contributed by atoms with Gasteiger partial charge in [0.25, 0.3) is 23.6 Å². The van der Waals surface area contributed by atoms with Crippen molar-refractivity contribution in [2.24, 2.45) is 0 Å². The fourth-order valence-electron chi connectivity index (χ4n) is 11.4. The fraction of sp³-hybridized carbons (Fsp3) is 0.444. The standard InChI is InChI=1S/C54H62N3O4/c1-3-5-7-13-21-37(22-14-8-6-4-2)56-53(60)45-31-27-41-39-25-29-43-49-44(30-26-40(47(39)49)42-28-32-46(54(56)61)50(45)48(41)42)52(59)55(51(43)58)33-17-9-10-18-34-57(35-19-12-20-36-57)38-23-15-11-16-24-38/h11,15-16,23-32,37H,3-10,12-14,17-22,33-36H2,1-2H3/q+1. The normalized spacial score (nSPS) is 16.4. The van der Waals surface area contributed by atoms with E-state index in [1.165, 1.54) is 42.9 Å². The zero-order valence-electron chi connectivity index (χ0n) is 36.4. The summed E-state index contributed by atoms with van der Waals surface area (Å²) >= 11 is 0. The Morgan fingerprint density at radius 3 is 1.43 bits per heavy atom. The van der Waals surface area contributed by atoms with E-state index >= 15 is 0 Å². The minimum atomic E-state index is -0.227. The van der Waals surface area contributed by atoms with Gasteiger partial charge < -0.3 is 0 Å². The van der Waals surface area contributed by atoms with Crippen LogP contribution in [0, 0.1) is 0 Å². The highest BCUT2D eigenvalue weighted by molar-refractivity contribution is 6.41. The molecule has 0 radical (unpaired) electrons. The lowest BCUT2D eigenvalue weighted by Gasteiger charge is -2.41. The largest absolute Gasteiger partial charge is 0.291 e. The lowest BCUT2D eigenvalue weighted by molar-refractivity contribution is 0.0514. The van der Waals surface area contributed by atoms with Gasteiger partial charge in [0, 0.05) is 45.6 Å². The Morgan fingerprint density at radius 1 is 0.475 bits per heavy atom. The van der Waals surface area contributed by atoms with Gasteiger partial charge in [-0.25, -0.2) is 0 Å². The van der Waals surface area contributed by atoms with Crippen molar-refractivity contribution in [3.8, 4) is 0 Å². The number of carbonyl (C=O) groups is 4. The topological polar surface area (TPSA) is 74.8 Å². The molecule has 0 N–H and O–H groups in total. The number of benzene rings is 6. The summed E-state index contributed by atoms with van der Waals surface area (Å²) < 4.78 is 1.07. The van der Waals surface area contributed by atoms with E-state index in [0.717, 1.165) is 139 Å². The van der Waals surface area contributed by atoms with E-state index in [1.807, 2.05) is 48.5 Å². The first-order valence-corrected chi connectivity index (χ1v) is 23.7. The van der Waals surface area contributed by atoms with Gasteiger partial charge in [-0.1, -0.05) is 114 Å². The van der Waals surface area contributed by atoms with E-state index in [9.17, 15) is 19.2 Å². The summed E-state index contributed by atoms with van der Waals surface area (Å²) in [5.74, 6) is -0.836. The van der Waals surface area contributed by atoms with Gasteiger partial charge in [-0.15, -0.1) is 0 Å².